The van der Waals surface area contributed by atoms with E-state index in [0.717, 1.165) is 12.4 Å². The fourth-order valence-electron chi connectivity index (χ4n) is 2.01. The molecule has 1 unspecified atom stereocenters. The molecule has 17 heavy (non-hydrogen) atoms. The third-order valence-electron chi connectivity index (χ3n) is 3.41. The number of hydrogen-bond acceptors (Lipinski definition) is 1. The van der Waals surface area contributed by atoms with Crippen molar-refractivity contribution in [3.63, 3.8) is 0 Å². The molecule has 0 saturated carbocycles. The summed E-state index contributed by atoms with van der Waals surface area (Å²) in [6.45, 7) is 7.86. The van der Waals surface area contributed by atoms with Gasteiger partial charge in [0.05, 0.1) is 0 Å². The summed E-state index contributed by atoms with van der Waals surface area (Å²) in [7, 11) is 0. The highest BCUT2D eigenvalue weighted by atomic mass is 35.5. The predicted molar refractivity (Wildman–Crippen MR) is 80.0 cm³/mol. The van der Waals surface area contributed by atoms with Crippen LogP contribution in [-0.4, -0.2) is 18.5 Å². The molecule has 0 fully saturated rings. The van der Waals surface area contributed by atoms with Gasteiger partial charge in [-0.1, -0.05) is 65.7 Å². The Morgan fingerprint density at radius 2 is 1.41 bits per heavy atom. The SMILES string of the molecule is CCCCCCCCCCNC(CCl)C(C)C. The van der Waals surface area contributed by atoms with Crippen molar-refractivity contribution in [1.82, 2.24) is 5.32 Å². The van der Waals surface area contributed by atoms with Crippen molar-refractivity contribution in [2.24, 2.45) is 5.92 Å². The molecule has 0 saturated heterocycles. The van der Waals surface area contributed by atoms with Gasteiger partial charge in [-0.25, -0.2) is 0 Å². The molecule has 1 N–H and O–H groups in total. The highest BCUT2D eigenvalue weighted by Gasteiger charge is 2.09. The van der Waals surface area contributed by atoms with Gasteiger partial charge in [-0.15, -0.1) is 11.6 Å². The van der Waals surface area contributed by atoms with Crippen molar-refractivity contribution in [3.05, 3.63) is 0 Å². The Morgan fingerprint density at radius 1 is 0.882 bits per heavy atom. The number of alkyl halides is 1. The van der Waals surface area contributed by atoms with Crippen LogP contribution in [0, 0.1) is 5.92 Å². The second-order valence-corrected chi connectivity index (χ2v) is 5.74. The van der Waals surface area contributed by atoms with Gasteiger partial charge in [-0.3, -0.25) is 0 Å². The van der Waals surface area contributed by atoms with Gasteiger partial charge in [-0.2, -0.15) is 0 Å². The first-order valence-corrected chi connectivity index (χ1v) is 8.05. The molecule has 0 aliphatic rings. The molecule has 0 rings (SSSR count). The zero-order valence-corrected chi connectivity index (χ0v) is 12.9. The summed E-state index contributed by atoms with van der Waals surface area (Å²) in [6.07, 6.45) is 11.1. The maximum Gasteiger partial charge on any atom is 0.0379 e. The van der Waals surface area contributed by atoms with Crippen molar-refractivity contribution >= 4 is 11.6 Å². The second kappa shape index (κ2) is 12.7. The molecule has 0 bridgehead atoms. The molecule has 2 heteroatoms. The topological polar surface area (TPSA) is 12.0 Å². The quantitative estimate of drug-likeness (QED) is 0.386. The Morgan fingerprint density at radius 3 is 1.88 bits per heavy atom. The summed E-state index contributed by atoms with van der Waals surface area (Å²) in [4.78, 5) is 0. The van der Waals surface area contributed by atoms with E-state index < -0.39 is 0 Å². The van der Waals surface area contributed by atoms with Gasteiger partial charge in [0, 0.05) is 11.9 Å². The lowest BCUT2D eigenvalue weighted by molar-refractivity contribution is 0.422. The number of unbranched alkanes of at least 4 members (excludes halogenated alkanes) is 7. The van der Waals surface area contributed by atoms with Crippen LogP contribution in [0.4, 0.5) is 0 Å². The van der Waals surface area contributed by atoms with Crippen LogP contribution in [0.2, 0.25) is 0 Å². The summed E-state index contributed by atoms with van der Waals surface area (Å²) in [6, 6.07) is 0.487. The van der Waals surface area contributed by atoms with Crippen LogP contribution in [-0.2, 0) is 0 Å². The Bertz CT molecular complexity index is 148. The summed E-state index contributed by atoms with van der Waals surface area (Å²) >= 11 is 5.91. The molecule has 0 spiro atoms. The van der Waals surface area contributed by atoms with Crippen LogP contribution < -0.4 is 5.32 Å². The third kappa shape index (κ3) is 11.1. The van der Waals surface area contributed by atoms with Gasteiger partial charge in [0.15, 0.2) is 0 Å². The summed E-state index contributed by atoms with van der Waals surface area (Å²) in [5, 5.41) is 3.55. The average Bonchev–Trinajstić information content (AvgIpc) is 2.31. The smallest absolute Gasteiger partial charge is 0.0379 e. The molecular formula is C15H32ClN. The standard InChI is InChI=1S/C15H32ClN/c1-4-5-6-7-8-9-10-11-12-17-15(13-16)14(2)3/h14-15,17H,4-13H2,1-3H3. The van der Waals surface area contributed by atoms with Crippen molar-refractivity contribution in [1.29, 1.82) is 0 Å². The van der Waals surface area contributed by atoms with Gasteiger partial charge in [0.2, 0.25) is 0 Å². The van der Waals surface area contributed by atoms with Crippen LogP contribution in [0.25, 0.3) is 0 Å². The highest BCUT2D eigenvalue weighted by molar-refractivity contribution is 6.18. The lowest BCUT2D eigenvalue weighted by atomic mass is 10.1. The number of rotatable bonds is 12. The minimum Gasteiger partial charge on any atom is -0.313 e. The van der Waals surface area contributed by atoms with E-state index in [1.807, 2.05) is 0 Å². The molecule has 0 aromatic heterocycles. The largest absolute Gasteiger partial charge is 0.313 e. The van der Waals surface area contributed by atoms with Gasteiger partial charge in [0.25, 0.3) is 0 Å². The molecule has 0 aromatic carbocycles. The molecule has 0 amide bonds. The van der Waals surface area contributed by atoms with E-state index in [0.29, 0.717) is 12.0 Å². The van der Waals surface area contributed by atoms with E-state index >= 15 is 0 Å². The summed E-state index contributed by atoms with van der Waals surface area (Å²) < 4.78 is 0. The van der Waals surface area contributed by atoms with Crippen LogP contribution in [0.1, 0.15) is 72.1 Å². The van der Waals surface area contributed by atoms with Gasteiger partial charge in [-0.05, 0) is 18.9 Å². The number of nitrogens with one attached hydrogen (secondary N) is 1. The lowest BCUT2D eigenvalue weighted by Gasteiger charge is -2.19. The predicted octanol–water partition coefficient (Wildman–Crippen LogP) is 4.98. The van der Waals surface area contributed by atoms with E-state index in [9.17, 15) is 0 Å². The highest BCUT2D eigenvalue weighted by Crippen LogP contribution is 2.08. The number of halogens is 1. The fraction of sp³-hybridized carbons (Fsp3) is 1.00. The zero-order chi connectivity index (χ0) is 12.9. The van der Waals surface area contributed by atoms with E-state index in [1.54, 1.807) is 0 Å². The van der Waals surface area contributed by atoms with Crippen LogP contribution in [0.15, 0.2) is 0 Å². The van der Waals surface area contributed by atoms with E-state index in [2.05, 4.69) is 26.1 Å². The molecule has 0 aliphatic heterocycles. The molecular weight excluding hydrogens is 230 g/mol. The maximum absolute atomic E-state index is 5.91. The zero-order valence-electron chi connectivity index (χ0n) is 12.1. The van der Waals surface area contributed by atoms with Gasteiger partial charge in [0.1, 0.15) is 0 Å². The minimum atomic E-state index is 0.487. The van der Waals surface area contributed by atoms with Crippen LogP contribution in [0.3, 0.4) is 0 Å². The lowest BCUT2D eigenvalue weighted by Crippen LogP contribution is -2.36. The van der Waals surface area contributed by atoms with Gasteiger partial charge >= 0.3 is 0 Å². The Kier molecular flexibility index (Phi) is 12.9. The normalized spacial score (nSPS) is 13.2. The third-order valence-corrected chi connectivity index (χ3v) is 3.74. The Balaban J connectivity index is 3.17. The van der Waals surface area contributed by atoms with Gasteiger partial charge < -0.3 is 5.32 Å². The molecule has 1 atom stereocenters. The van der Waals surface area contributed by atoms with Crippen molar-refractivity contribution in [2.75, 3.05) is 12.4 Å². The maximum atomic E-state index is 5.91. The first-order chi connectivity index (χ1) is 8.22. The Hall–Kier alpha value is 0.250. The second-order valence-electron chi connectivity index (χ2n) is 5.43. The number of hydrogen-bond donors (Lipinski definition) is 1. The van der Waals surface area contributed by atoms with Crippen molar-refractivity contribution in [3.8, 4) is 0 Å². The molecule has 0 aliphatic carbocycles. The molecule has 0 aromatic rings. The molecule has 0 heterocycles. The van der Waals surface area contributed by atoms with Crippen LogP contribution in [0.5, 0.6) is 0 Å². The average molecular weight is 262 g/mol. The monoisotopic (exact) mass is 261 g/mol. The van der Waals surface area contributed by atoms with E-state index in [1.165, 1.54) is 51.4 Å². The molecule has 104 valence electrons. The minimum absolute atomic E-state index is 0.487. The summed E-state index contributed by atoms with van der Waals surface area (Å²) in [5.74, 6) is 1.37. The molecule has 1 nitrogen and oxygen atoms in total. The first kappa shape index (κ1) is 17.2. The van der Waals surface area contributed by atoms with Crippen LogP contribution >= 0.6 is 11.6 Å². The summed E-state index contributed by atoms with van der Waals surface area (Å²) in [5.41, 5.74) is 0. The van der Waals surface area contributed by atoms with Crippen molar-refractivity contribution in [2.45, 2.75) is 78.2 Å². The van der Waals surface area contributed by atoms with Crippen molar-refractivity contribution < 1.29 is 0 Å². The first-order valence-electron chi connectivity index (χ1n) is 7.51. The molecule has 0 radical (unpaired) electrons. The fourth-order valence-corrected chi connectivity index (χ4v) is 2.48. The van der Waals surface area contributed by atoms with E-state index in [4.69, 9.17) is 11.6 Å². The van der Waals surface area contributed by atoms with E-state index in [-0.39, 0.29) is 0 Å². The Labute approximate surface area is 114 Å².